The molecular weight excluding hydrogens is 160 g/mol. The third-order valence-corrected chi connectivity index (χ3v) is 2.58. The van der Waals surface area contributed by atoms with Gasteiger partial charge in [0.25, 0.3) is 0 Å². The summed E-state index contributed by atoms with van der Waals surface area (Å²) < 4.78 is 0. The molecule has 13 heavy (non-hydrogen) atoms. The summed E-state index contributed by atoms with van der Waals surface area (Å²) in [7, 11) is 0. The highest BCUT2D eigenvalue weighted by Crippen LogP contribution is 2.27. The average molecular weight is 172 g/mol. The normalized spacial score (nSPS) is 14.0. The summed E-state index contributed by atoms with van der Waals surface area (Å²) in [4.78, 5) is 2.34. The molecule has 0 amide bonds. The van der Waals surface area contributed by atoms with Gasteiger partial charge in [-0.3, -0.25) is 0 Å². The number of hydrogen-bond donors (Lipinski definition) is 0. The second-order valence-electron chi connectivity index (χ2n) is 3.28. The molecule has 2 rings (SSSR count). The number of nitriles is 1. The number of fused-ring (bicyclic) bond motifs is 1. The Labute approximate surface area is 78.4 Å². The van der Waals surface area contributed by atoms with E-state index in [1.807, 2.05) is 12.1 Å². The van der Waals surface area contributed by atoms with Crippen molar-refractivity contribution in [1.82, 2.24) is 0 Å². The molecule has 2 heteroatoms. The number of nitrogens with zero attached hydrogens (tertiary/aromatic N) is 2. The fourth-order valence-electron chi connectivity index (χ4n) is 1.87. The monoisotopic (exact) mass is 172 g/mol. The number of benzene rings is 1. The fraction of sp³-hybridized carbons (Fsp3) is 0.364. The highest BCUT2D eigenvalue weighted by molar-refractivity contribution is 5.60. The maximum Gasteiger partial charge on any atom is 0.0991 e. The Hall–Kier alpha value is -1.49. The zero-order valence-corrected chi connectivity index (χ0v) is 7.75. The molecule has 0 unspecified atom stereocenters. The zero-order chi connectivity index (χ0) is 9.26. The molecule has 0 radical (unpaired) electrons. The molecule has 0 fully saturated rings. The van der Waals surface area contributed by atoms with Crippen molar-refractivity contribution in [2.24, 2.45) is 0 Å². The largest absolute Gasteiger partial charge is 0.371 e. The Morgan fingerprint density at radius 3 is 3.08 bits per heavy atom. The fourth-order valence-corrected chi connectivity index (χ4v) is 1.87. The summed E-state index contributed by atoms with van der Waals surface area (Å²) in [5, 5.41) is 8.73. The van der Waals surface area contributed by atoms with Crippen LogP contribution in [0.3, 0.4) is 0 Å². The molecule has 1 aromatic rings. The summed E-state index contributed by atoms with van der Waals surface area (Å²) in [6.07, 6.45) is 1.08. The summed E-state index contributed by atoms with van der Waals surface area (Å²) in [6, 6.07) is 8.13. The molecule has 66 valence electrons. The summed E-state index contributed by atoms with van der Waals surface area (Å²) >= 11 is 0. The van der Waals surface area contributed by atoms with Crippen molar-refractivity contribution in [3.05, 3.63) is 29.3 Å². The standard InChI is InChI=1S/C11H12N2/c1-2-13-6-5-10-7-9(8-12)3-4-11(10)13/h3-4,7H,2,5-6H2,1H3. The quantitative estimate of drug-likeness (QED) is 0.647. The molecule has 1 aliphatic heterocycles. The first-order valence-electron chi connectivity index (χ1n) is 4.63. The van der Waals surface area contributed by atoms with Crippen molar-refractivity contribution in [2.45, 2.75) is 13.3 Å². The highest BCUT2D eigenvalue weighted by Gasteiger charge is 2.17. The lowest BCUT2D eigenvalue weighted by Crippen LogP contribution is -2.18. The van der Waals surface area contributed by atoms with Crippen molar-refractivity contribution < 1.29 is 0 Å². The van der Waals surface area contributed by atoms with Crippen LogP contribution in [-0.2, 0) is 6.42 Å². The van der Waals surface area contributed by atoms with Gasteiger partial charge in [-0.1, -0.05) is 0 Å². The zero-order valence-electron chi connectivity index (χ0n) is 7.75. The minimum Gasteiger partial charge on any atom is -0.371 e. The van der Waals surface area contributed by atoms with Gasteiger partial charge in [-0.15, -0.1) is 0 Å². The van der Waals surface area contributed by atoms with Gasteiger partial charge in [0.1, 0.15) is 0 Å². The van der Waals surface area contributed by atoms with Crippen molar-refractivity contribution >= 4 is 5.69 Å². The molecule has 1 heterocycles. The number of rotatable bonds is 1. The second kappa shape index (κ2) is 3.10. The van der Waals surface area contributed by atoms with Gasteiger partial charge in [0.2, 0.25) is 0 Å². The number of likely N-dealkylation sites (N-methyl/N-ethyl adjacent to an activating group) is 1. The molecule has 0 aliphatic carbocycles. The Balaban J connectivity index is 2.41. The van der Waals surface area contributed by atoms with Crippen LogP contribution in [0.2, 0.25) is 0 Å². The second-order valence-corrected chi connectivity index (χ2v) is 3.28. The lowest BCUT2D eigenvalue weighted by atomic mass is 10.1. The molecule has 0 bridgehead atoms. The molecule has 0 aromatic heterocycles. The Kier molecular flexibility index (Phi) is 1.94. The van der Waals surface area contributed by atoms with Crippen LogP contribution in [0.25, 0.3) is 0 Å². The summed E-state index contributed by atoms with van der Waals surface area (Å²) in [5.41, 5.74) is 3.40. The smallest absolute Gasteiger partial charge is 0.0991 e. The van der Waals surface area contributed by atoms with E-state index in [1.165, 1.54) is 11.3 Å². The van der Waals surface area contributed by atoms with E-state index in [0.717, 1.165) is 25.1 Å². The van der Waals surface area contributed by atoms with E-state index in [2.05, 4.69) is 24.0 Å². The Bertz CT molecular complexity index is 363. The van der Waals surface area contributed by atoms with Gasteiger partial charge in [-0.2, -0.15) is 5.26 Å². The first kappa shape index (κ1) is 8.12. The van der Waals surface area contributed by atoms with E-state index < -0.39 is 0 Å². The van der Waals surface area contributed by atoms with Crippen LogP contribution in [0.1, 0.15) is 18.1 Å². The van der Waals surface area contributed by atoms with Crippen LogP contribution in [0.5, 0.6) is 0 Å². The van der Waals surface area contributed by atoms with Gasteiger partial charge in [0.15, 0.2) is 0 Å². The highest BCUT2D eigenvalue weighted by atomic mass is 15.1. The third-order valence-electron chi connectivity index (χ3n) is 2.58. The van der Waals surface area contributed by atoms with Gasteiger partial charge in [0.05, 0.1) is 11.6 Å². The van der Waals surface area contributed by atoms with Crippen LogP contribution in [0, 0.1) is 11.3 Å². The van der Waals surface area contributed by atoms with Gasteiger partial charge < -0.3 is 4.90 Å². The predicted molar refractivity (Wildman–Crippen MR) is 52.7 cm³/mol. The maximum absolute atomic E-state index is 8.73. The van der Waals surface area contributed by atoms with Gasteiger partial charge >= 0.3 is 0 Å². The topological polar surface area (TPSA) is 27.0 Å². The summed E-state index contributed by atoms with van der Waals surface area (Å²) in [5.74, 6) is 0. The predicted octanol–water partition coefficient (Wildman–Crippen LogP) is 1.94. The molecule has 2 nitrogen and oxygen atoms in total. The van der Waals surface area contributed by atoms with Crippen LogP contribution in [-0.4, -0.2) is 13.1 Å². The van der Waals surface area contributed by atoms with Gasteiger partial charge in [-0.25, -0.2) is 0 Å². The maximum atomic E-state index is 8.73. The van der Waals surface area contributed by atoms with E-state index in [-0.39, 0.29) is 0 Å². The van der Waals surface area contributed by atoms with Crippen molar-refractivity contribution in [2.75, 3.05) is 18.0 Å². The van der Waals surface area contributed by atoms with Crippen molar-refractivity contribution in [3.63, 3.8) is 0 Å². The molecule has 0 saturated carbocycles. The lowest BCUT2D eigenvalue weighted by molar-refractivity contribution is 0.868. The van der Waals surface area contributed by atoms with Gasteiger partial charge in [0, 0.05) is 18.8 Å². The van der Waals surface area contributed by atoms with E-state index in [4.69, 9.17) is 5.26 Å². The molecule has 0 N–H and O–H groups in total. The molecule has 0 saturated heterocycles. The van der Waals surface area contributed by atoms with Crippen molar-refractivity contribution in [1.29, 1.82) is 5.26 Å². The minimum atomic E-state index is 0.775. The van der Waals surface area contributed by atoms with E-state index in [9.17, 15) is 0 Å². The molecule has 0 atom stereocenters. The lowest BCUT2D eigenvalue weighted by Gasteiger charge is -2.15. The number of hydrogen-bond acceptors (Lipinski definition) is 2. The third kappa shape index (κ3) is 1.27. The van der Waals surface area contributed by atoms with E-state index in [1.54, 1.807) is 0 Å². The SMILES string of the molecule is CCN1CCc2cc(C#N)ccc21. The molecular formula is C11H12N2. The average Bonchev–Trinajstić information content (AvgIpc) is 2.59. The van der Waals surface area contributed by atoms with Crippen LogP contribution in [0.4, 0.5) is 5.69 Å². The first-order valence-corrected chi connectivity index (χ1v) is 4.63. The van der Waals surface area contributed by atoms with E-state index >= 15 is 0 Å². The summed E-state index contributed by atoms with van der Waals surface area (Å²) in [6.45, 7) is 4.31. The molecule has 0 spiro atoms. The van der Waals surface area contributed by atoms with Gasteiger partial charge in [-0.05, 0) is 37.1 Å². The minimum absolute atomic E-state index is 0.775. The van der Waals surface area contributed by atoms with Crippen molar-refractivity contribution in [3.8, 4) is 6.07 Å². The Morgan fingerprint density at radius 1 is 1.54 bits per heavy atom. The van der Waals surface area contributed by atoms with Crippen LogP contribution in [0.15, 0.2) is 18.2 Å². The molecule has 1 aromatic carbocycles. The van der Waals surface area contributed by atoms with Crippen LogP contribution < -0.4 is 4.90 Å². The number of anilines is 1. The van der Waals surface area contributed by atoms with Crippen LogP contribution >= 0.6 is 0 Å². The molecule has 1 aliphatic rings. The van der Waals surface area contributed by atoms with E-state index in [0.29, 0.717) is 0 Å². The Morgan fingerprint density at radius 2 is 2.38 bits per heavy atom. The first-order chi connectivity index (χ1) is 6.35.